The molecule has 0 N–H and O–H groups in total. The minimum Gasteiger partial charge on any atom is -0.343 e. The molecule has 1 amide bonds. The number of hydrogen-bond donors (Lipinski definition) is 0. The SMILES string of the molecule is CCN1CCCCCCCCCC1=O. The van der Waals surface area contributed by atoms with E-state index in [-0.39, 0.29) is 0 Å². The van der Waals surface area contributed by atoms with Gasteiger partial charge in [-0.25, -0.2) is 0 Å². The first-order valence-electron chi connectivity index (χ1n) is 6.12. The summed E-state index contributed by atoms with van der Waals surface area (Å²) >= 11 is 0. The van der Waals surface area contributed by atoms with Gasteiger partial charge in [-0.3, -0.25) is 4.79 Å². The summed E-state index contributed by atoms with van der Waals surface area (Å²) in [6, 6.07) is 0. The Morgan fingerprint density at radius 1 is 1.00 bits per heavy atom. The summed E-state index contributed by atoms with van der Waals surface area (Å²) in [5.41, 5.74) is 0. The average molecular weight is 197 g/mol. The van der Waals surface area contributed by atoms with Crippen molar-refractivity contribution < 1.29 is 4.79 Å². The highest BCUT2D eigenvalue weighted by molar-refractivity contribution is 5.76. The van der Waals surface area contributed by atoms with E-state index in [9.17, 15) is 4.79 Å². The third-order valence-corrected chi connectivity index (χ3v) is 3.05. The minimum absolute atomic E-state index is 0.370. The molecule has 0 radical (unpaired) electrons. The first kappa shape index (κ1) is 11.5. The van der Waals surface area contributed by atoms with Crippen LogP contribution in [0, 0.1) is 0 Å². The average Bonchev–Trinajstić information content (AvgIpc) is 2.24. The summed E-state index contributed by atoms with van der Waals surface area (Å²) in [5.74, 6) is 0.370. The lowest BCUT2D eigenvalue weighted by atomic mass is 10.1. The van der Waals surface area contributed by atoms with Crippen molar-refractivity contribution >= 4 is 5.91 Å². The van der Waals surface area contributed by atoms with Gasteiger partial charge in [0.15, 0.2) is 0 Å². The first-order valence-corrected chi connectivity index (χ1v) is 6.12. The molecule has 0 bridgehead atoms. The molecular formula is C12H23NO. The molecule has 0 aromatic carbocycles. The lowest BCUT2D eigenvalue weighted by Gasteiger charge is -2.20. The molecule has 2 nitrogen and oxygen atoms in total. The van der Waals surface area contributed by atoms with Crippen LogP contribution in [0.1, 0.15) is 58.3 Å². The standard InChI is InChI=1S/C12H23NO/c1-2-13-11-9-7-5-3-4-6-8-10-12(13)14/h2-11H2,1H3. The maximum atomic E-state index is 11.7. The number of nitrogens with zero attached hydrogens (tertiary/aromatic N) is 1. The zero-order chi connectivity index (χ0) is 10.2. The smallest absolute Gasteiger partial charge is 0.222 e. The zero-order valence-corrected chi connectivity index (χ0v) is 9.43. The van der Waals surface area contributed by atoms with E-state index in [2.05, 4.69) is 6.92 Å². The quantitative estimate of drug-likeness (QED) is 0.633. The van der Waals surface area contributed by atoms with E-state index in [1.807, 2.05) is 4.90 Å². The summed E-state index contributed by atoms with van der Waals surface area (Å²) in [5, 5.41) is 0. The Hall–Kier alpha value is -0.530. The molecule has 1 heterocycles. The highest BCUT2D eigenvalue weighted by Gasteiger charge is 2.11. The molecule has 0 atom stereocenters. The van der Waals surface area contributed by atoms with Gasteiger partial charge in [-0.2, -0.15) is 0 Å². The van der Waals surface area contributed by atoms with Gasteiger partial charge in [-0.15, -0.1) is 0 Å². The van der Waals surface area contributed by atoms with Crippen molar-refractivity contribution in [2.24, 2.45) is 0 Å². The van der Waals surface area contributed by atoms with Crippen LogP contribution in [0.25, 0.3) is 0 Å². The highest BCUT2D eigenvalue weighted by atomic mass is 16.2. The topological polar surface area (TPSA) is 20.3 Å². The van der Waals surface area contributed by atoms with E-state index in [0.29, 0.717) is 5.91 Å². The molecule has 0 aliphatic carbocycles. The van der Waals surface area contributed by atoms with Crippen molar-refractivity contribution in [2.45, 2.75) is 58.3 Å². The third-order valence-electron chi connectivity index (χ3n) is 3.05. The maximum Gasteiger partial charge on any atom is 0.222 e. The van der Waals surface area contributed by atoms with Crippen LogP contribution < -0.4 is 0 Å². The number of hydrogen-bond acceptors (Lipinski definition) is 1. The summed E-state index contributed by atoms with van der Waals surface area (Å²) in [6.45, 7) is 3.95. The fraction of sp³-hybridized carbons (Fsp3) is 0.917. The van der Waals surface area contributed by atoms with Crippen LogP contribution in [0.5, 0.6) is 0 Å². The third kappa shape index (κ3) is 4.12. The zero-order valence-electron chi connectivity index (χ0n) is 9.43. The second-order valence-electron chi connectivity index (χ2n) is 4.20. The molecule has 1 rings (SSSR count). The lowest BCUT2D eigenvalue weighted by molar-refractivity contribution is -0.131. The Morgan fingerprint density at radius 2 is 1.57 bits per heavy atom. The van der Waals surface area contributed by atoms with E-state index in [1.165, 1.54) is 38.5 Å². The Balaban J connectivity index is 2.37. The second-order valence-corrected chi connectivity index (χ2v) is 4.20. The van der Waals surface area contributed by atoms with Gasteiger partial charge in [0.1, 0.15) is 0 Å². The monoisotopic (exact) mass is 197 g/mol. The Morgan fingerprint density at radius 3 is 2.21 bits per heavy atom. The highest BCUT2D eigenvalue weighted by Crippen LogP contribution is 2.12. The second kappa shape index (κ2) is 6.86. The van der Waals surface area contributed by atoms with Gasteiger partial charge in [0.2, 0.25) is 5.91 Å². The summed E-state index contributed by atoms with van der Waals surface area (Å²) in [4.78, 5) is 13.7. The van der Waals surface area contributed by atoms with Crippen LogP contribution >= 0.6 is 0 Å². The molecule has 1 saturated heterocycles. The van der Waals surface area contributed by atoms with Crippen molar-refractivity contribution in [3.8, 4) is 0 Å². The predicted octanol–water partition coefficient (Wildman–Crippen LogP) is 2.97. The summed E-state index contributed by atoms with van der Waals surface area (Å²) in [6.07, 6.45) is 9.63. The van der Waals surface area contributed by atoms with Crippen LogP contribution in [0.4, 0.5) is 0 Å². The van der Waals surface area contributed by atoms with Crippen molar-refractivity contribution in [2.75, 3.05) is 13.1 Å². The molecule has 1 aliphatic heterocycles. The maximum absolute atomic E-state index is 11.7. The number of carbonyl (C=O) groups is 1. The Labute approximate surface area is 87.7 Å². The molecule has 2 heteroatoms. The normalized spacial score (nSPS) is 21.8. The first-order chi connectivity index (χ1) is 6.84. The molecule has 0 aromatic heterocycles. The van der Waals surface area contributed by atoms with E-state index in [4.69, 9.17) is 0 Å². The van der Waals surface area contributed by atoms with Crippen molar-refractivity contribution in [3.63, 3.8) is 0 Å². The molecule has 1 aliphatic rings. The molecule has 0 spiro atoms. The van der Waals surface area contributed by atoms with Crippen molar-refractivity contribution in [1.82, 2.24) is 4.90 Å². The molecule has 0 saturated carbocycles. The van der Waals surface area contributed by atoms with Crippen molar-refractivity contribution in [3.05, 3.63) is 0 Å². The minimum atomic E-state index is 0.370. The van der Waals surface area contributed by atoms with Gasteiger partial charge >= 0.3 is 0 Å². The van der Waals surface area contributed by atoms with Crippen LogP contribution in [0.2, 0.25) is 0 Å². The van der Waals surface area contributed by atoms with E-state index in [1.54, 1.807) is 0 Å². The molecule has 14 heavy (non-hydrogen) atoms. The molecule has 1 fully saturated rings. The largest absolute Gasteiger partial charge is 0.343 e. The summed E-state index contributed by atoms with van der Waals surface area (Å²) in [7, 11) is 0. The van der Waals surface area contributed by atoms with Gasteiger partial charge in [0.05, 0.1) is 0 Å². The molecular weight excluding hydrogens is 174 g/mol. The lowest BCUT2D eigenvalue weighted by Crippen LogP contribution is -2.31. The fourth-order valence-electron chi connectivity index (χ4n) is 2.08. The fourth-order valence-corrected chi connectivity index (χ4v) is 2.08. The van der Waals surface area contributed by atoms with Gasteiger partial charge in [-0.1, -0.05) is 32.1 Å². The molecule has 0 aromatic rings. The van der Waals surface area contributed by atoms with Crippen LogP contribution in [-0.2, 0) is 4.79 Å². The van der Waals surface area contributed by atoms with Crippen LogP contribution in [-0.4, -0.2) is 23.9 Å². The Bertz CT molecular complexity index is 168. The van der Waals surface area contributed by atoms with Gasteiger partial charge < -0.3 is 4.90 Å². The van der Waals surface area contributed by atoms with Gasteiger partial charge in [0, 0.05) is 19.5 Å². The number of amides is 1. The van der Waals surface area contributed by atoms with Crippen LogP contribution in [0.3, 0.4) is 0 Å². The van der Waals surface area contributed by atoms with Gasteiger partial charge in [0.25, 0.3) is 0 Å². The number of rotatable bonds is 1. The van der Waals surface area contributed by atoms with E-state index >= 15 is 0 Å². The van der Waals surface area contributed by atoms with E-state index < -0.39 is 0 Å². The molecule has 82 valence electrons. The molecule has 0 unspecified atom stereocenters. The summed E-state index contributed by atoms with van der Waals surface area (Å²) < 4.78 is 0. The van der Waals surface area contributed by atoms with Gasteiger partial charge in [-0.05, 0) is 19.8 Å². The van der Waals surface area contributed by atoms with Crippen molar-refractivity contribution in [1.29, 1.82) is 0 Å². The Kier molecular flexibility index (Phi) is 5.65. The number of carbonyl (C=O) groups excluding carboxylic acids is 1. The van der Waals surface area contributed by atoms with Crippen LogP contribution in [0.15, 0.2) is 0 Å². The van der Waals surface area contributed by atoms with E-state index in [0.717, 1.165) is 25.9 Å². The predicted molar refractivity (Wildman–Crippen MR) is 59.2 cm³/mol.